The molecule has 0 aliphatic carbocycles. The molecule has 0 aromatic heterocycles. The Morgan fingerprint density at radius 2 is 1.67 bits per heavy atom. The van der Waals surface area contributed by atoms with E-state index in [1.807, 2.05) is 38.1 Å². The van der Waals surface area contributed by atoms with Crippen LogP contribution in [0.2, 0.25) is 5.02 Å². The maximum atomic E-state index is 12.6. The molecule has 0 radical (unpaired) electrons. The lowest BCUT2D eigenvalue weighted by Gasteiger charge is -2.24. The first kappa shape index (κ1) is 20.8. The van der Waals surface area contributed by atoms with Gasteiger partial charge in [-0.05, 0) is 55.3 Å². The summed E-state index contributed by atoms with van der Waals surface area (Å²) in [5.41, 5.74) is 1.11. The molecule has 2 aromatic carbocycles. The molecule has 0 saturated heterocycles. The SMILES string of the molecule is CCOC(=O)COc1ccc(NC(=O)C(C)(C)Cc2ccc(Cl)cc2)cc1. The number of carbonyl (C=O) groups excluding carboxylic acids is 2. The van der Waals surface area contributed by atoms with E-state index >= 15 is 0 Å². The van der Waals surface area contributed by atoms with Crippen LogP contribution < -0.4 is 10.1 Å². The highest BCUT2D eigenvalue weighted by molar-refractivity contribution is 6.30. The van der Waals surface area contributed by atoms with E-state index in [1.165, 1.54) is 0 Å². The number of rotatable bonds is 8. The standard InChI is InChI=1S/C21H24ClNO4/c1-4-26-19(24)14-27-18-11-9-17(10-12-18)23-20(25)21(2,3)13-15-5-7-16(22)8-6-15/h5-12H,4,13-14H2,1-3H3,(H,23,25). The molecule has 0 fully saturated rings. The Hall–Kier alpha value is -2.53. The number of anilines is 1. The Labute approximate surface area is 164 Å². The molecule has 1 N–H and O–H groups in total. The van der Waals surface area contributed by atoms with E-state index in [0.29, 0.717) is 29.5 Å². The number of carbonyl (C=O) groups is 2. The number of esters is 1. The van der Waals surface area contributed by atoms with Crippen molar-refractivity contribution in [1.29, 1.82) is 0 Å². The number of ether oxygens (including phenoxy) is 2. The summed E-state index contributed by atoms with van der Waals surface area (Å²) in [4.78, 5) is 23.9. The monoisotopic (exact) mass is 389 g/mol. The fourth-order valence-electron chi connectivity index (χ4n) is 2.47. The van der Waals surface area contributed by atoms with E-state index in [0.717, 1.165) is 5.56 Å². The molecule has 0 unspecified atom stereocenters. The molecule has 0 aliphatic rings. The van der Waals surface area contributed by atoms with Gasteiger partial charge in [0.25, 0.3) is 0 Å². The summed E-state index contributed by atoms with van der Waals surface area (Å²) >= 11 is 5.91. The third-order valence-electron chi connectivity index (χ3n) is 3.95. The third-order valence-corrected chi connectivity index (χ3v) is 4.20. The molecular weight excluding hydrogens is 366 g/mol. The van der Waals surface area contributed by atoms with Gasteiger partial charge >= 0.3 is 5.97 Å². The summed E-state index contributed by atoms with van der Waals surface area (Å²) in [7, 11) is 0. The Balaban J connectivity index is 1.92. The number of hydrogen-bond acceptors (Lipinski definition) is 4. The molecule has 6 heteroatoms. The van der Waals surface area contributed by atoms with E-state index in [4.69, 9.17) is 21.1 Å². The molecule has 0 spiro atoms. The number of benzene rings is 2. The van der Waals surface area contributed by atoms with E-state index in [2.05, 4.69) is 5.32 Å². The lowest BCUT2D eigenvalue weighted by molar-refractivity contribution is -0.145. The predicted molar refractivity (Wildman–Crippen MR) is 106 cm³/mol. The molecule has 5 nitrogen and oxygen atoms in total. The van der Waals surface area contributed by atoms with Crippen LogP contribution in [0.15, 0.2) is 48.5 Å². The molecule has 2 aromatic rings. The van der Waals surface area contributed by atoms with Crippen molar-refractivity contribution in [2.45, 2.75) is 27.2 Å². The molecule has 0 saturated carbocycles. The molecule has 1 amide bonds. The lowest BCUT2D eigenvalue weighted by Crippen LogP contribution is -2.32. The van der Waals surface area contributed by atoms with E-state index < -0.39 is 11.4 Å². The maximum absolute atomic E-state index is 12.6. The van der Waals surface area contributed by atoms with Gasteiger partial charge in [-0.25, -0.2) is 4.79 Å². The van der Waals surface area contributed by atoms with Crippen molar-refractivity contribution < 1.29 is 19.1 Å². The fourth-order valence-corrected chi connectivity index (χ4v) is 2.60. The second-order valence-electron chi connectivity index (χ2n) is 6.76. The molecule has 0 atom stereocenters. The second kappa shape index (κ2) is 9.42. The Kier molecular flexibility index (Phi) is 7.25. The van der Waals surface area contributed by atoms with Crippen molar-refractivity contribution >= 4 is 29.2 Å². The first-order valence-corrected chi connectivity index (χ1v) is 9.12. The molecule has 0 aliphatic heterocycles. The van der Waals surface area contributed by atoms with Crippen LogP contribution in [0.5, 0.6) is 5.75 Å². The van der Waals surface area contributed by atoms with Gasteiger partial charge < -0.3 is 14.8 Å². The van der Waals surface area contributed by atoms with Gasteiger partial charge in [-0.3, -0.25) is 4.79 Å². The van der Waals surface area contributed by atoms with Crippen LogP contribution in [0.3, 0.4) is 0 Å². The minimum atomic E-state index is -0.590. The average molecular weight is 390 g/mol. The van der Waals surface area contributed by atoms with Crippen molar-refractivity contribution in [3.63, 3.8) is 0 Å². The quantitative estimate of drug-likeness (QED) is 0.675. The van der Waals surface area contributed by atoms with Crippen LogP contribution >= 0.6 is 11.6 Å². The van der Waals surface area contributed by atoms with Gasteiger partial charge in [-0.15, -0.1) is 0 Å². The van der Waals surface area contributed by atoms with Crippen LogP contribution in [0.25, 0.3) is 0 Å². The molecule has 0 heterocycles. The molecule has 144 valence electrons. The highest BCUT2D eigenvalue weighted by Gasteiger charge is 2.28. The first-order chi connectivity index (χ1) is 12.8. The number of halogens is 1. The normalized spacial score (nSPS) is 11.0. The summed E-state index contributed by atoms with van der Waals surface area (Å²) in [5.74, 6) is 0.0259. The zero-order chi connectivity index (χ0) is 19.9. The average Bonchev–Trinajstić information content (AvgIpc) is 2.63. The van der Waals surface area contributed by atoms with E-state index in [9.17, 15) is 9.59 Å². The van der Waals surface area contributed by atoms with Crippen molar-refractivity contribution in [1.82, 2.24) is 0 Å². The van der Waals surface area contributed by atoms with Gasteiger partial charge in [0, 0.05) is 16.1 Å². The Bertz CT molecular complexity index is 770. The molecule has 27 heavy (non-hydrogen) atoms. The predicted octanol–water partition coefficient (Wildman–Crippen LogP) is 4.49. The highest BCUT2D eigenvalue weighted by atomic mass is 35.5. The molecule has 2 rings (SSSR count). The fraction of sp³-hybridized carbons (Fsp3) is 0.333. The third kappa shape index (κ3) is 6.61. The topological polar surface area (TPSA) is 64.6 Å². The van der Waals surface area contributed by atoms with E-state index in [-0.39, 0.29) is 12.5 Å². The summed E-state index contributed by atoms with van der Waals surface area (Å²) < 4.78 is 10.1. The maximum Gasteiger partial charge on any atom is 0.344 e. The minimum Gasteiger partial charge on any atom is -0.482 e. The van der Waals surface area contributed by atoms with Gasteiger partial charge in [0.2, 0.25) is 5.91 Å². The number of amides is 1. The summed E-state index contributed by atoms with van der Waals surface area (Å²) in [5, 5.41) is 3.59. The summed E-state index contributed by atoms with van der Waals surface area (Å²) in [6.45, 7) is 5.71. The van der Waals surface area contributed by atoms with Crippen LogP contribution in [-0.2, 0) is 20.7 Å². The second-order valence-corrected chi connectivity index (χ2v) is 7.20. The van der Waals surface area contributed by atoms with Crippen LogP contribution in [0, 0.1) is 5.41 Å². The number of nitrogens with one attached hydrogen (secondary N) is 1. The molecule has 0 bridgehead atoms. The Morgan fingerprint density at radius 1 is 1.04 bits per heavy atom. The minimum absolute atomic E-state index is 0.0855. The summed E-state index contributed by atoms with van der Waals surface area (Å²) in [6, 6.07) is 14.3. The summed E-state index contributed by atoms with van der Waals surface area (Å²) in [6.07, 6.45) is 0.594. The highest BCUT2D eigenvalue weighted by Crippen LogP contribution is 2.25. The van der Waals surface area contributed by atoms with Crippen molar-refractivity contribution in [3.8, 4) is 5.75 Å². The van der Waals surface area contributed by atoms with Gasteiger partial charge in [0.1, 0.15) is 5.75 Å². The van der Waals surface area contributed by atoms with E-state index in [1.54, 1.807) is 31.2 Å². The van der Waals surface area contributed by atoms with Gasteiger partial charge in [-0.1, -0.05) is 37.6 Å². The van der Waals surface area contributed by atoms with Crippen LogP contribution in [0.4, 0.5) is 5.69 Å². The van der Waals surface area contributed by atoms with Gasteiger partial charge in [-0.2, -0.15) is 0 Å². The van der Waals surface area contributed by atoms with Gasteiger partial charge in [0.05, 0.1) is 6.61 Å². The van der Waals surface area contributed by atoms with Crippen LogP contribution in [-0.4, -0.2) is 25.1 Å². The van der Waals surface area contributed by atoms with Crippen molar-refractivity contribution in [3.05, 3.63) is 59.1 Å². The molecular formula is C21H24ClNO4. The van der Waals surface area contributed by atoms with Crippen molar-refractivity contribution in [2.24, 2.45) is 5.41 Å². The zero-order valence-electron chi connectivity index (χ0n) is 15.8. The first-order valence-electron chi connectivity index (χ1n) is 8.74. The van der Waals surface area contributed by atoms with Crippen LogP contribution in [0.1, 0.15) is 26.3 Å². The Morgan fingerprint density at radius 3 is 2.26 bits per heavy atom. The zero-order valence-corrected chi connectivity index (χ0v) is 16.5. The van der Waals surface area contributed by atoms with Gasteiger partial charge in [0.15, 0.2) is 6.61 Å². The van der Waals surface area contributed by atoms with Crippen molar-refractivity contribution in [2.75, 3.05) is 18.5 Å². The lowest BCUT2D eigenvalue weighted by atomic mass is 9.84. The smallest absolute Gasteiger partial charge is 0.344 e. The number of hydrogen-bond donors (Lipinski definition) is 1. The largest absolute Gasteiger partial charge is 0.482 e.